The highest BCUT2D eigenvalue weighted by Gasteiger charge is 2.26. The Morgan fingerprint density at radius 3 is 2.62 bits per heavy atom. The van der Waals surface area contributed by atoms with E-state index in [1.165, 1.54) is 6.26 Å². The van der Waals surface area contributed by atoms with Crippen LogP contribution >= 0.6 is 0 Å². The second-order valence-electron chi connectivity index (χ2n) is 6.34. The molecular formula is C16H22N4O3S. The first kappa shape index (κ1) is 17.1. The lowest BCUT2D eigenvalue weighted by molar-refractivity contribution is 0.154. The highest BCUT2D eigenvalue weighted by Crippen LogP contribution is 2.22. The van der Waals surface area contributed by atoms with E-state index in [9.17, 15) is 13.2 Å². The molecule has 0 bridgehead atoms. The standard InChI is InChI=1S/C16H22N4O3S/c1-11(20-9-7-12(8-10-20)19-24(2,22)23)15-17-14-6-4-3-5-13(14)16(21)18-15/h3-6,11-12,19H,7-10H2,1-2H3,(H,17,18,21)/t11-/m0/s1. The van der Waals surface area contributed by atoms with E-state index in [4.69, 9.17) is 0 Å². The van der Waals surface area contributed by atoms with Crippen LogP contribution in [0.5, 0.6) is 0 Å². The van der Waals surface area contributed by atoms with Crippen LogP contribution in [0.1, 0.15) is 31.6 Å². The summed E-state index contributed by atoms with van der Waals surface area (Å²) in [5.41, 5.74) is 0.563. The highest BCUT2D eigenvalue weighted by molar-refractivity contribution is 7.88. The first-order valence-electron chi connectivity index (χ1n) is 8.04. The first-order valence-corrected chi connectivity index (χ1v) is 9.93. The van der Waals surface area contributed by atoms with Crippen LogP contribution in [0.4, 0.5) is 0 Å². The van der Waals surface area contributed by atoms with Crippen LogP contribution in [0.3, 0.4) is 0 Å². The largest absolute Gasteiger partial charge is 0.309 e. The summed E-state index contributed by atoms with van der Waals surface area (Å²) in [5, 5.41) is 0.588. The number of hydrogen-bond donors (Lipinski definition) is 2. The van der Waals surface area contributed by atoms with E-state index in [0.29, 0.717) is 16.7 Å². The molecule has 0 saturated carbocycles. The number of nitrogens with zero attached hydrogens (tertiary/aromatic N) is 2. The molecule has 8 heteroatoms. The fourth-order valence-corrected chi connectivity index (χ4v) is 4.02. The smallest absolute Gasteiger partial charge is 0.258 e. The predicted molar refractivity (Wildman–Crippen MR) is 93.4 cm³/mol. The number of rotatable bonds is 4. The summed E-state index contributed by atoms with van der Waals surface area (Å²) < 4.78 is 25.3. The van der Waals surface area contributed by atoms with Gasteiger partial charge in [-0.1, -0.05) is 12.1 Å². The molecule has 1 aromatic heterocycles. The molecule has 1 fully saturated rings. The zero-order valence-electron chi connectivity index (χ0n) is 13.8. The summed E-state index contributed by atoms with van der Waals surface area (Å²) in [4.78, 5) is 21.9. The van der Waals surface area contributed by atoms with E-state index >= 15 is 0 Å². The monoisotopic (exact) mass is 350 g/mol. The molecule has 1 atom stereocenters. The molecule has 3 rings (SSSR count). The average molecular weight is 350 g/mol. The van der Waals surface area contributed by atoms with Gasteiger partial charge in [0.1, 0.15) is 5.82 Å². The third-order valence-electron chi connectivity index (χ3n) is 4.48. The average Bonchev–Trinajstić information content (AvgIpc) is 2.53. The number of aromatic nitrogens is 2. The fraction of sp³-hybridized carbons (Fsp3) is 0.500. The Morgan fingerprint density at radius 2 is 1.96 bits per heavy atom. The normalized spacial score (nSPS) is 18.8. The lowest BCUT2D eigenvalue weighted by Gasteiger charge is -2.35. The topological polar surface area (TPSA) is 95.2 Å². The van der Waals surface area contributed by atoms with Crippen LogP contribution in [-0.4, -0.2) is 48.7 Å². The van der Waals surface area contributed by atoms with Gasteiger partial charge in [-0.05, 0) is 31.9 Å². The molecule has 2 aromatic rings. The second-order valence-corrected chi connectivity index (χ2v) is 8.12. The van der Waals surface area contributed by atoms with Crippen molar-refractivity contribution < 1.29 is 8.42 Å². The van der Waals surface area contributed by atoms with E-state index in [1.54, 1.807) is 6.07 Å². The summed E-state index contributed by atoms with van der Waals surface area (Å²) in [5.74, 6) is 0.647. The number of para-hydroxylation sites is 1. The van der Waals surface area contributed by atoms with Gasteiger partial charge in [0.25, 0.3) is 5.56 Å². The SMILES string of the molecule is C[C@@H](c1nc2ccccc2c(=O)[nH]1)N1CCC(NS(C)(=O)=O)CC1. The molecular weight excluding hydrogens is 328 g/mol. The number of nitrogens with one attached hydrogen (secondary N) is 2. The number of benzene rings is 1. The molecule has 0 amide bonds. The Labute approximate surface area is 141 Å². The molecule has 0 unspecified atom stereocenters. The van der Waals surface area contributed by atoms with Gasteiger partial charge in [0.2, 0.25) is 10.0 Å². The Morgan fingerprint density at radius 1 is 1.29 bits per heavy atom. The minimum atomic E-state index is -3.17. The molecule has 1 aliphatic rings. The summed E-state index contributed by atoms with van der Waals surface area (Å²) in [7, 11) is -3.17. The fourth-order valence-electron chi connectivity index (χ4n) is 3.18. The zero-order valence-corrected chi connectivity index (χ0v) is 14.6. The molecule has 0 radical (unpaired) electrons. The maximum atomic E-state index is 12.2. The Hall–Kier alpha value is -1.77. The molecule has 130 valence electrons. The van der Waals surface area contributed by atoms with Crippen molar-refractivity contribution in [3.8, 4) is 0 Å². The summed E-state index contributed by atoms with van der Waals surface area (Å²) in [6.07, 6.45) is 2.68. The quantitative estimate of drug-likeness (QED) is 0.858. The van der Waals surface area contributed by atoms with Crippen LogP contribution in [0.15, 0.2) is 29.1 Å². The Kier molecular flexibility index (Phi) is 4.71. The van der Waals surface area contributed by atoms with Crippen molar-refractivity contribution >= 4 is 20.9 Å². The van der Waals surface area contributed by atoms with Crippen molar-refractivity contribution in [1.82, 2.24) is 19.6 Å². The molecule has 24 heavy (non-hydrogen) atoms. The van der Waals surface area contributed by atoms with Gasteiger partial charge in [-0.2, -0.15) is 0 Å². The van der Waals surface area contributed by atoms with Gasteiger partial charge in [0.05, 0.1) is 23.2 Å². The summed E-state index contributed by atoms with van der Waals surface area (Å²) in [6, 6.07) is 7.24. The van der Waals surface area contributed by atoms with Crippen LogP contribution < -0.4 is 10.3 Å². The third kappa shape index (κ3) is 3.82. The summed E-state index contributed by atoms with van der Waals surface area (Å²) >= 11 is 0. The lowest BCUT2D eigenvalue weighted by atomic mass is 10.0. The third-order valence-corrected chi connectivity index (χ3v) is 5.25. The van der Waals surface area contributed by atoms with Crippen molar-refractivity contribution in [2.75, 3.05) is 19.3 Å². The molecule has 1 saturated heterocycles. The molecule has 1 aliphatic heterocycles. The van der Waals surface area contributed by atoms with Gasteiger partial charge in [-0.15, -0.1) is 0 Å². The van der Waals surface area contributed by atoms with E-state index in [2.05, 4.69) is 19.6 Å². The van der Waals surface area contributed by atoms with Gasteiger partial charge in [-0.25, -0.2) is 18.1 Å². The molecule has 2 heterocycles. The summed E-state index contributed by atoms with van der Waals surface area (Å²) in [6.45, 7) is 3.52. The van der Waals surface area contributed by atoms with Crippen molar-refractivity contribution in [2.45, 2.75) is 31.8 Å². The van der Waals surface area contributed by atoms with Crippen LogP contribution in [-0.2, 0) is 10.0 Å². The lowest BCUT2D eigenvalue weighted by Crippen LogP contribution is -2.45. The number of piperidine rings is 1. The first-order chi connectivity index (χ1) is 11.3. The van der Waals surface area contributed by atoms with Crippen molar-refractivity contribution in [1.29, 1.82) is 0 Å². The van der Waals surface area contributed by atoms with Crippen molar-refractivity contribution in [3.63, 3.8) is 0 Å². The maximum absolute atomic E-state index is 12.2. The number of fused-ring (bicyclic) bond motifs is 1. The van der Waals surface area contributed by atoms with Crippen molar-refractivity contribution in [3.05, 3.63) is 40.4 Å². The van der Waals surface area contributed by atoms with E-state index in [1.807, 2.05) is 25.1 Å². The molecule has 0 spiro atoms. The van der Waals surface area contributed by atoms with Gasteiger partial charge in [0, 0.05) is 19.1 Å². The minimum Gasteiger partial charge on any atom is -0.309 e. The van der Waals surface area contributed by atoms with Crippen LogP contribution in [0, 0.1) is 0 Å². The number of hydrogen-bond acceptors (Lipinski definition) is 5. The van der Waals surface area contributed by atoms with Gasteiger partial charge < -0.3 is 4.98 Å². The molecule has 1 aromatic carbocycles. The highest BCUT2D eigenvalue weighted by atomic mass is 32.2. The van der Waals surface area contributed by atoms with Gasteiger partial charge in [-0.3, -0.25) is 9.69 Å². The molecule has 2 N–H and O–H groups in total. The zero-order chi connectivity index (χ0) is 17.3. The second kappa shape index (κ2) is 6.62. The van der Waals surface area contributed by atoms with Gasteiger partial charge in [0.15, 0.2) is 0 Å². The maximum Gasteiger partial charge on any atom is 0.258 e. The number of sulfonamides is 1. The number of aromatic amines is 1. The van der Waals surface area contributed by atoms with E-state index in [-0.39, 0.29) is 17.6 Å². The van der Waals surface area contributed by atoms with Crippen LogP contribution in [0.2, 0.25) is 0 Å². The Balaban J connectivity index is 1.74. The Bertz CT molecular complexity index is 886. The van der Waals surface area contributed by atoms with Crippen molar-refractivity contribution in [2.24, 2.45) is 0 Å². The number of likely N-dealkylation sites (tertiary alicyclic amines) is 1. The van der Waals surface area contributed by atoms with Gasteiger partial charge >= 0.3 is 0 Å². The minimum absolute atomic E-state index is 0.0212. The van der Waals surface area contributed by atoms with Crippen LogP contribution in [0.25, 0.3) is 10.9 Å². The van der Waals surface area contributed by atoms with E-state index < -0.39 is 10.0 Å². The molecule has 0 aliphatic carbocycles. The van der Waals surface area contributed by atoms with E-state index in [0.717, 1.165) is 25.9 Å². The number of H-pyrrole nitrogens is 1. The molecule has 7 nitrogen and oxygen atoms in total. The predicted octanol–water partition coefficient (Wildman–Crippen LogP) is 0.998.